The van der Waals surface area contributed by atoms with Crippen LogP contribution in [0.25, 0.3) is 0 Å². The van der Waals surface area contributed by atoms with Crippen molar-refractivity contribution in [3.63, 3.8) is 0 Å². The normalized spacial score (nSPS) is 14.0. The summed E-state index contributed by atoms with van der Waals surface area (Å²) in [6.07, 6.45) is 0. The van der Waals surface area contributed by atoms with Gasteiger partial charge in [0.1, 0.15) is 0 Å². The molecule has 0 amide bonds. The zero-order valence-corrected chi connectivity index (χ0v) is 8.56. The average Bonchev–Trinajstić information content (AvgIpc) is 2.74. The molecule has 1 nitrogen and oxygen atoms in total. The van der Waals surface area contributed by atoms with Crippen LogP contribution in [0.2, 0.25) is 0 Å². The van der Waals surface area contributed by atoms with E-state index in [1.807, 2.05) is 0 Å². The maximum atomic E-state index is 2.41. The fourth-order valence-electron chi connectivity index (χ4n) is 2.15. The highest BCUT2D eigenvalue weighted by Gasteiger charge is 2.17. The van der Waals surface area contributed by atoms with E-state index in [4.69, 9.17) is 0 Å². The second kappa shape index (κ2) is 3.43. The van der Waals surface area contributed by atoms with Gasteiger partial charge in [0.25, 0.3) is 0 Å². The number of rotatable bonds is 1. The Morgan fingerprint density at radius 3 is 1.80 bits per heavy atom. The summed E-state index contributed by atoms with van der Waals surface area (Å²) in [4.78, 5) is 2.41. The molecule has 1 aliphatic heterocycles. The molecule has 0 saturated heterocycles. The van der Waals surface area contributed by atoms with E-state index in [2.05, 4.69) is 59.5 Å². The third-order valence-corrected chi connectivity index (χ3v) is 2.96. The molecule has 0 bridgehead atoms. The lowest BCUT2D eigenvalue weighted by Gasteiger charge is -2.17. The largest absolute Gasteiger partial charge is 0.363 e. The topological polar surface area (TPSA) is 3.24 Å². The molecule has 0 spiro atoms. The van der Waals surface area contributed by atoms with E-state index < -0.39 is 0 Å². The quantitative estimate of drug-likeness (QED) is 0.675. The van der Waals surface area contributed by atoms with Gasteiger partial charge in [0.05, 0.1) is 0 Å². The molecule has 15 heavy (non-hydrogen) atoms. The van der Waals surface area contributed by atoms with Gasteiger partial charge in [-0.05, 0) is 23.3 Å². The van der Waals surface area contributed by atoms with E-state index in [9.17, 15) is 0 Å². The molecule has 2 aromatic rings. The Morgan fingerprint density at radius 1 is 0.667 bits per heavy atom. The van der Waals surface area contributed by atoms with E-state index in [-0.39, 0.29) is 0 Å². The van der Waals surface area contributed by atoms with Crippen LogP contribution in [-0.2, 0) is 13.1 Å². The molecule has 1 heterocycles. The molecule has 0 unspecified atom stereocenters. The van der Waals surface area contributed by atoms with Crippen LogP contribution >= 0.6 is 0 Å². The molecule has 0 aliphatic carbocycles. The number of fused-ring (bicyclic) bond motifs is 1. The van der Waals surface area contributed by atoms with Gasteiger partial charge in [0.2, 0.25) is 0 Å². The van der Waals surface area contributed by atoms with Crippen molar-refractivity contribution in [1.82, 2.24) is 0 Å². The molecule has 3 rings (SSSR count). The summed E-state index contributed by atoms with van der Waals surface area (Å²) in [5, 5.41) is 0. The van der Waals surface area contributed by atoms with Crippen LogP contribution < -0.4 is 4.90 Å². The van der Waals surface area contributed by atoms with Crippen molar-refractivity contribution in [3.8, 4) is 0 Å². The summed E-state index contributed by atoms with van der Waals surface area (Å²) >= 11 is 0. The van der Waals surface area contributed by atoms with Crippen LogP contribution in [-0.4, -0.2) is 0 Å². The minimum Gasteiger partial charge on any atom is -0.363 e. The second-order valence-corrected chi connectivity index (χ2v) is 3.96. The van der Waals surface area contributed by atoms with Crippen LogP contribution in [0.15, 0.2) is 54.6 Å². The van der Waals surface area contributed by atoms with Crippen LogP contribution in [0, 0.1) is 0 Å². The van der Waals surface area contributed by atoms with Crippen molar-refractivity contribution in [2.45, 2.75) is 13.1 Å². The fourth-order valence-corrected chi connectivity index (χ4v) is 2.15. The average molecular weight is 195 g/mol. The molecule has 1 heteroatoms. The predicted molar refractivity (Wildman–Crippen MR) is 62.8 cm³/mol. The first kappa shape index (κ1) is 8.54. The van der Waals surface area contributed by atoms with Crippen LogP contribution in [0.4, 0.5) is 5.69 Å². The molecule has 0 N–H and O–H groups in total. The zero-order chi connectivity index (χ0) is 10.1. The number of anilines is 1. The molecule has 2 aromatic carbocycles. The van der Waals surface area contributed by atoms with Gasteiger partial charge in [-0.1, -0.05) is 42.5 Å². The number of nitrogens with zero attached hydrogens (tertiary/aromatic N) is 1. The summed E-state index contributed by atoms with van der Waals surface area (Å²) in [6, 6.07) is 19.3. The van der Waals surface area contributed by atoms with Crippen molar-refractivity contribution in [1.29, 1.82) is 0 Å². The highest BCUT2D eigenvalue weighted by molar-refractivity contribution is 5.51. The maximum absolute atomic E-state index is 2.41. The third kappa shape index (κ3) is 1.50. The van der Waals surface area contributed by atoms with Crippen molar-refractivity contribution < 1.29 is 0 Å². The van der Waals surface area contributed by atoms with Crippen LogP contribution in [0.5, 0.6) is 0 Å². The highest BCUT2D eigenvalue weighted by atomic mass is 15.1. The van der Waals surface area contributed by atoms with Gasteiger partial charge in [-0.25, -0.2) is 0 Å². The number of benzene rings is 2. The highest BCUT2D eigenvalue weighted by Crippen LogP contribution is 2.27. The van der Waals surface area contributed by atoms with Gasteiger partial charge in [-0.2, -0.15) is 0 Å². The summed E-state index contributed by atoms with van der Waals surface area (Å²) in [6.45, 7) is 2.08. The minimum absolute atomic E-state index is 1.04. The zero-order valence-electron chi connectivity index (χ0n) is 8.56. The summed E-state index contributed by atoms with van der Waals surface area (Å²) in [5.74, 6) is 0. The van der Waals surface area contributed by atoms with E-state index in [0.717, 1.165) is 13.1 Å². The van der Waals surface area contributed by atoms with Crippen molar-refractivity contribution in [2.75, 3.05) is 4.90 Å². The molecule has 74 valence electrons. The van der Waals surface area contributed by atoms with Gasteiger partial charge >= 0.3 is 0 Å². The number of para-hydroxylation sites is 1. The summed E-state index contributed by atoms with van der Waals surface area (Å²) in [5.41, 5.74) is 4.23. The molecular formula is C14H13N. The maximum Gasteiger partial charge on any atom is 0.0436 e. The molecule has 0 aromatic heterocycles. The Morgan fingerprint density at radius 2 is 1.20 bits per heavy atom. The lowest BCUT2D eigenvalue weighted by molar-refractivity contribution is 0.880. The molecule has 0 saturated carbocycles. The van der Waals surface area contributed by atoms with Gasteiger partial charge < -0.3 is 4.90 Å². The molecule has 0 atom stereocenters. The molecule has 0 fully saturated rings. The van der Waals surface area contributed by atoms with Gasteiger partial charge in [-0.15, -0.1) is 0 Å². The predicted octanol–water partition coefficient (Wildman–Crippen LogP) is 3.21. The molecular weight excluding hydrogens is 182 g/mol. The van der Waals surface area contributed by atoms with Crippen molar-refractivity contribution >= 4 is 5.69 Å². The first-order valence-corrected chi connectivity index (χ1v) is 5.30. The Labute approximate surface area is 90.0 Å². The standard InChI is InChI=1S/C14H13N/c1-2-8-14(9-3-1)15-10-12-6-4-5-7-13(12)11-15/h1-9H,10-11H2. The number of hydrogen-bond acceptors (Lipinski definition) is 1. The third-order valence-electron chi connectivity index (χ3n) is 2.96. The smallest absolute Gasteiger partial charge is 0.0436 e. The van der Waals surface area contributed by atoms with E-state index in [0.29, 0.717) is 0 Å². The lowest BCUT2D eigenvalue weighted by atomic mass is 10.1. The molecule has 1 aliphatic rings. The summed E-state index contributed by atoms with van der Waals surface area (Å²) in [7, 11) is 0. The van der Waals surface area contributed by atoms with Crippen LogP contribution in [0.3, 0.4) is 0 Å². The fraction of sp³-hybridized carbons (Fsp3) is 0.143. The van der Waals surface area contributed by atoms with Crippen molar-refractivity contribution in [2.24, 2.45) is 0 Å². The SMILES string of the molecule is c1ccc(N2Cc3ccccc3C2)cc1. The monoisotopic (exact) mass is 195 g/mol. The number of hydrogen-bond donors (Lipinski definition) is 0. The van der Waals surface area contributed by atoms with Gasteiger partial charge in [0, 0.05) is 18.8 Å². The van der Waals surface area contributed by atoms with Crippen LogP contribution in [0.1, 0.15) is 11.1 Å². The minimum atomic E-state index is 1.04. The first-order valence-electron chi connectivity index (χ1n) is 5.30. The van der Waals surface area contributed by atoms with Crippen molar-refractivity contribution in [3.05, 3.63) is 65.7 Å². The Bertz CT molecular complexity index is 437. The summed E-state index contributed by atoms with van der Waals surface area (Å²) < 4.78 is 0. The van der Waals surface area contributed by atoms with E-state index >= 15 is 0 Å². The Hall–Kier alpha value is -1.76. The van der Waals surface area contributed by atoms with E-state index in [1.165, 1.54) is 16.8 Å². The molecule has 0 radical (unpaired) electrons. The van der Waals surface area contributed by atoms with Gasteiger partial charge in [0.15, 0.2) is 0 Å². The Balaban J connectivity index is 1.91. The second-order valence-electron chi connectivity index (χ2n) is 3.96. The Kier molecular flexibility index (Phi) is 1.95. The first-order chi connectivity index (χ1) is 7.43. The lowest BCUT2D eigenvalue weighted by Crippen LogP contribution is -2.13. The van der Waals surface area contributed by atoms with Gasteiger partial charge in [-0.3, -0.25) is 0 Å². The van der Waals surface area contributed by atoms with E-state index in [1.54, 1.807) is 0 Å².